The average molecular weight is 405 g/mol. The Morgan fingerprint density at radius 2 is 2.00 bits per heavy atom. The van der Waals surface area contributed by atoms with E-state index in [-0.39, 0.29) is 12.3 Å². The van der Waals surface area contributed by atoms with Crippen LogP contribution in [0.3, 0.4) is 0 Å². The fraction of sp³-hybridized carbons (Fsp3) is 0.176. The Labute approximate surface area is 153 Å². The molecule has 0 saturated carbocycles. The molecule has 130 valence electrons. The van der Waals surface area contributed by atoms with Gasteiger partial charge in [-0.15, -0.1) is 0 Å². The molecule has 1 heterocycles. The van der Waals surface area contributed by atoms with E-state index in [9.17, 15) is 14.4 Å². The molecule has 2 rings (SSSR count). The smallest absolute Gasteiger partial charge is 0.252 e. The van der Waals surface area contributed by atoms with Crippen LogP contribution >= 0.6 is 15.9 Å². The molecule has 1 aromatic heterocycles. The molecule has 0 bridgehead atoms. The molecule has 2 aromatic rings. The second kappa shape index (κ2) is 8.39. The van der Waals surface area contributed by atoms with E-state index in [2.05, 4.69) is 31.5 Å². The molecule has 4 N–H and O–H groups in total. The molecule has 8 heteroatoms. The number of nitrogens with one attached hydrogen (secondary N) is 2. The Hall–Kier alpha value is -2.74. The predicted octanol–water partition coefficient (Wildman–Crippen LogP) is 1.63. The van der Waals surface area contributed by atoms with Crippen molar-refractivity contribution in [2.45, 2.75) is 19.4 Å². The molecule has 1 aromatic carbocycles. The van der Waals surface area contributed by atoms with E-state index in [0.717, 1.165) is 5.56 Å². The van der Waals surface area contributed by atoms with Gasteiger partial charge in [0, 0.05) is 30.8 Å². The number of benzene rings is 1. The maximum atomic E-state index is 12.4. The van der Waals surface area contributed by atoms with Crippen LogP contribution in [-0.2, 0) is 16.0 Å². The third kappa shape index (κ3) is 5.39. The van der Waals surface area contributed by atoms with Gasteiger partial charge < -0.3 is 16.4 Å². The normalized spacial score (nSPS) is 11.4. The van der Waals surface area contributed by atoms with Gasteiger partial charge in [0.25, 0.3) is 5.91 Å². The highest BCUT2D eigenvalue weighted by molar-refractivity contribution is 9.10. The number of carbonyl (C=O) groups is 3. The Morgan fingerprint density at radius 1 is 1.24 bits per heavy atom. The number of halogens is 1. The molecule has 0 radical (unpaired) electrons. The molecule has 1 atom stereocenters. The molecule has 3 amide bonds. The van der Waals surface area contributed by atoms with Gasteiger partial charge in [-0.25, -0.2) is 4.98 Å². The van der Waals surface area contributed by atoms with E-state index in [1.54, 1.807) is 36.5 Å². The number of pyridine rings is 1. The molecule has 0 unspecified atom stereocenters. The molecule has 0 fully saturated rings. The summed E-state index contributed by atoms with van der Waals surface area (Å²) in [5.74, 6) is -1.35. The number of amides is 3. The Kier molecular flexibility index (Phi) is 6.24. The summed E-state index contributed by atoms with van der Waals surface area (Å²) in [6.45, 7) is 1.38. The van der Waals surface area contributed by atoms with Gasteiger partial charge in [-0.3, -0.25) is 14.4 Å². The van der Waals surface area contributed by atoms with E-state index in [1.165, 1.54) is 13.0 Å². The summed E-state index contributed by atoms with van der Waals surface area (Å²) in [6, 6.07) is 9.03. The summed E-state index contributed by atoms with van der Waals surface area (Å²) in [6.07, 6.45) is 1.82. The van der Waals surface area contributed by atoms with Crippen LogP contribution in [0.25, 0.3) is 0 Å². The van der Waals surface area contributed by atoms with Gasteiger partial charge in [-0.1, -0.05) is 12.1 Å². The maximum Gasteiger partial charge on any atom is 0.252 e. The number of hydrogen-bond donors (Lipinski definition) is 3. The Morgan fingerprint density at radius 3 is 2.64 bits per heavy atom. The molecular formula is C17H17BrN4O3. The zero-order valence-corrected chi connectivity index (χ0v) is 15.0. The van der Waals surface area contributed by atoms with Crippen molar-refractivity contribution in [3.63, 3.8) is 0 Å². The maximum absolute atomic E-state index is 12.4. The zero-order valence-electron chi connectivity index (χ0n) is 13.5. The number of nitrogens with two attached hydrogens (primary N) is 1. The van der Waals surface area contributed by atoms with Crippen LogP contribution in [0, 0.1) is 0 Å². The van der Waals surface area contributed by atoms with Gasteiger partial charge in [0.05, 0.1) is 0 Å². The van der Waals surface area contributed by atoms with Crippen molar-refractivity contribution in [1.29, 1.82) is 0 Å². The number of primary amides is 1. The first-order chi connectivity index (χ1) is 11.9. The van der Waals surface area contributed by atoms with Crippen molar-refractivity contribution in [1.82, 2.24) is 10.3 Å². The summed E-state index contributed by atoms with van der Waals surface area (Å²) in [5, 5.41) is 5.21. The van der Waals surface area contributed by atoms with Crippen molar-refractivity contribution in [2.24, 2.45) is 5.73 Å². The van der Waals surface area contributed by atoms with Crippen LogP contribution in [0.4, 0.5) is 5.69 Å². The third-order valence-electron chi connectivity index (χ3n) is 3.35. The van der Waals surface area contributed by atoms with E-state index < -0.39 is 17.9 Å². The van der Waals surface area contributed by atoms with Crippen LogP contribution in [0.5, 0.6) is 0 Å². The first kappa shape index (κ1) is 18.6. The molecule has 7 nitrogen and oxygen atoms in total. The van der Waals surface area contributed by atoms with Gasteiger partial charge in [-0.2, -0.15) is 0 Å². The lowest BCUT2D eigenvalue weighted by molar-refractivity contribution is -0.119. The third-order valence-corrected chi connectivity index (χ3v) is 4.07. The van der Waals surface area contributed by atoms with E-state index in [4.69, 9.17) is 5.73 Å². The summed E-state index contributed by atoms with van der Waals surface area (Å²) in [4.78, 5) is 39.3. The minimum atomic E-state index is -0.891. The van der Waals surface area contributed by atoms with E-state index >= 15 is 0 Å². The predicted molar refractivity (Wildman–Crippen MR) is 96.8 cm³/mol. The molecule has 25 heavy (non-hydrogen) atoms. The molecule has 0 spiro atoms. The number of nitrogens with zero attached hydrogens (tertiary/aromatic N) is 1. The minimum absolute atomic E-state index is 0.209. The monoisotopic (exact) mass is 404 g/mol. The van der Waals surface area contributed by atoms with Gasteiger partial charge >= 0.3 is 0 Å². The highest BCUT2D eigenvalue weighted by Crippen LogP contribution is 2.15. The van der Waals surface area contributed by atoms with Gasteiger partial charge in [0.2, 0.25) is 11.8 Å². The first-order valence-electron chi connectivity index (χ1n) is 7.44. The lowest BCUT2D eigenvalue weighted by atomic mass is 10.1. The van der Waals surface area contributed by atoms with Crippen molar-refractivity contribution in [3.8, 4) is 0 Å². The minimum Gasteiger partial charge on any atom is -0.368 e. The van der Waals surface area contributed by atoms with Gasteiger partial charge in [0.15, 0.2) is 0 Å². The largest absolute Gasteiger partial charge is 0.368 e. The van der Waals surface area contributed by atoms with Crippen LogP contribution in [-0.4, -0.2) is 28.7 Å². The van der Waals surface area contributed by atoms with Gasteiger partial charge in [0.1, 0.15) is 10.6 Å². The lowest BCUT2D eigenvalue weighted by Gasteiger charge is -2.16. The summed E-state index contributed by atoms with van der Waals surface area (Å²) in [7, 11) is 0. The number of anilines is 1. The SMILES string of the molecule is CC(=O)Nc1cccc(C(=O)N[C@H](Cc2cccnc2Br)C(N)=O)c1. The summed E-state index contributed by atoms with van der Waals surface area (Å²) >= 11 is 3.30. The lowest BCUT2D eigenvalue weighted by Crippen LogP contribution is -2.45. The van der Waals surface area contributed by atoms with Crippen molar-refractivity contribution in [3.05, 3.63) is 58.3 Å². The summed E-state index contributed by atoms with van der Waals surface area (Å²) < 4.78 is 0.586. The number of carbonyl (C=O) groups excluding carboxylic acids is 3. The second-order valence-corrected chi connectivity index (χ2v) is 6.10. The Balaban J connectivity index is 2.14. The van der Waals surface area contributed by atoms with E-state index in [1.807, 2.05) is 0 Å². The first-order valence-corrected chi connectivity index (χ1v) is 8.23. The standard InChI is InChI=1S/C17H17BrN4O3/c1-10(23)21-13-6-2-4-12(8-13)17(25)22-14(16(19)24)9-11-5-3-7-20-15(11)18/h2-8,14H,9H2,1H3,(H2,19,24)(H,21,23)(H,22,25)/t14-/m1/s1. The summed E-state index contributed by atoms with van der Waals surface area (Å²) in [5.41, 5.74) is 6.96. The Bertz CT molecular complexity index is 810. The quantitative estimate of drug-likeness (QED) is 0.634. The van der Waals surface area contributed by atoms with Crippen LogP contribution in [0.2, 0.25) is 0 Å². The molecule has 0 aliphatic carbocycles. The topological polar surface area (TPSA) is 114 Å². The molecule has 0 saturated heterocycles. The molecular weight excluding hydrogens is 388 g/mol. The second-order valence-electron chi connectivity index (χ2n) is 5.35. The fourth-order valence-corrected chi connectivity index (χ4v) is 2.61. The van der Waals surface area contributed by atoms with E-state index in [0.29, 0.717) is 15.9 Å². The van der Waals surface area contributed by atoms with Crippen LogP contribution in [0.1, 0.15) is 22.8 Å². The average Bonchev–Trinajstić information content (AvgIpc) is 2.55. The van der Waals surface area contributed by atoms with Crippen LogP contribution < -0.4 is 16.4 Å². The fourth-order valence-electron chi connectivity index (χ4n) is 2.20. The van der Waals surface area contributed by atoms with Crippen molar-refractivity contribution in [2.75, 3.05) is 5.32 Å². The van der Waals surface area contributed by atoms with Crippen molar-refractivity contribution < 1.29 is 14.4 Å². The van der Waals surface area contributed by atoms with Crippen molar-refractivity contribution >= 4 is 39.3 Å². The number of hydrogen-bond acceptors (Lipinski definition) is 4. The molecule has 0 aliphatic rings. The van der Waals surface area contributed by atoms with Gasteiger partial charge in [-0.05, 0) is 45.8 Å². The molecule has 0 aliphatic heterocycles. The van der Waals surface area contributed by atoms with Crippen LogP contribution in [0.15, 0.2) is 47.2 Å². The number of aromatic nitrogens is 1. The number of rotatable bonds is 6. The highest BCUT2D eigenvalue weighted by atomic mass is 79.9. The zero-order chi connectivity index (χ0) is 18.4. The highest BCUT2D eigenvalue weighted by Gasteiger charge is 2.21.